The third-order valence-corrected chi connectivity index (χ3v) is 5.16. The third-order valence-electron chi connectivity index (χ3n) is 5.16. The molecule has 0 unspecified atom stereocenters. The number of ether oxygens (including phenoxy) is 1. The molecule has 1 fully saturated rings. The fourth-order valence-corrected chi connectivity index (χ4v) is 3.59. The molecule has 4 rings (SSSR count). The standard InChI is InChI=1S/C24H25N3O3/c28-23(27-19-12-11-17-6-1-2-7-18(17)14-19)16-25-22-10-4-3-9-21(22)24(29)26-15-20-8-5-13-30-20/h1-4,6-7,9-12,14,20,25H,5,8,13,15-16H2,(H,26,29)(H,27,28)/t20-/m0/s1. The Morgan fingerprint density at radius 2 is 1.77 bits per heavy atom. The summed E-state index contributed by atoms with van der Waals surface area (Å²) in [6.45, 7) is 1.31. The molecule has 0 bridgehead atoms. The van der Waals surface area contributed by atoms with Crippen molar-refractivity contribution in [2.45, 2.75) is 18.9 Å². The van der Waals surface area contributed by atoms with Gasteiger partial charge in [-0.3, -0.25) is 9.59 Å². The number of benzene rings is 3. The minimum atomic E-state index is -0.181. The van der Waals surface area contributed by atoms with Crippen LogP contribution in [0.2, 0.25) is 0 Å². The summed E-state index contributed by atoms with van der Waals surface area (Å²) in [5.74, 6) is -0.358. The summed E-state index contributed by atoms with van der Waals surface area (Å²) in [5.41, 5.74) is 1.87. The van der Waals surface area contributed by atoms with Crippen molar-refractivity contribution in [3.8, 4) is 0 Å². The number of nitrogens with one attached hydrogen (secondary N) is 3. The number of hydrogen-bond donors (Lipinski definition) is 3. The highest BCUT2D eigenvalue weighted by Gasteiger charge is 2.18. The Morgan fingerprint density at radius 3 is 2.60 bits per heavy atom. The van der Waals surface area contributed by atoms with E-state index in [1.165, 1.54) is 0 Å². The maximum absolute atomic E-state index is 12.6. The molecule has 0 saturated carbocycles. The van der Waals surface area contributed by atoms with E-state index in [1.807, 2.05) is 48.5 Å². The Hall–Kier alpha value is -3.38. The van der Waals surface area contributed by atoms with Gasteiger partial charge in [-0.1, -0.05) is 42.5 Å². The fraction of sp³-hybridized carbons (Fsp3) is 0.250. The Morgan fingerprint density at radius 1 is 0.967 bits per heavy atom. The monoisotopic (exact) mass is 403 g/mol. The third kappa shape index (κ3) is 4.96. The van der Waals surface area contributed by atoms with E-state index in [-0.39, 0.29) is 24.5 Å². The van der Waals surface area contributed by atoms with E-state index < -0.39 is 0 Å². The highest BCUT2D eigenvalue weighted by atomic mass is 16.5. The van der Waals surface area contributed by atoms with E-state index in [0.717, 1.165) is 35.9 Å². The van der Waals surface area contributed by atoms with Crippen molar-refractivity contribution in [1.29, 1.82) is 0 Å². The molecule has 6 nitrogen and oxygen atoms in total. The molecule has 0 aromatic heterocycles. The second-order valence-corrected chi connectivity index (χ2v) is 7.35. The van der Waals surface area contributed by atoms with E-state index in [4.69, 9.17) is 4.74 Å². The lowest BCUT2D eigenvalue weighted by atomic mass is 10.1. The fourth-order valence-electron chi connectivity index (χ4n) is 3.59. The molecule has 0 radical (unpaired) electrons. The molecule has 1 aliphatic rings. The number of anilines is 2. The number of amides is 2. The van der Waals surface area contributed by atoms with Crippen LogP contribution in [0.25, 0.3) is 10.8 Å². The molecule has 6 heteroatoms. The summed E-state index contributed by atoms with van der Waals surface area (Å²) in [4.78, 5) is 25.0. The van der Waals surface area contributed by atoms with Crippen molar-refractivity contribution in [3.05, 3.63) is 72.3 Å². The summed E-state index contributed by atoms with van der Waals surface area (Å²) in [6.07, 6.45) is 2.09. The molecular formula is C24H25N3O3. The van der Waals surface area contributed by atoms with E-state index in [2.05, 4.69) is 16.0 Å². The van der Waals surface area contributed by atoms with Crippen molar-refractivity contribution < 1.29 is 14.3 Å². The van der Waals surface area contributed by atoms with Gasteiger partial charge in [0.15, 0.2) is 0 Å². The second-order valence-electron chi connectivity index (χ2n) is 7.35. The largest absolute Gasteiger partial charge is 0.376 e. The number of hydrogen-bond acceptors (Lipinski definition) is 4. The molecule has 1 saturated heterocycles. The highest BCUT2D eigenvalue weighted by molar-refractivity contribution is 6.01. The van der Waals surface area contributed by atoms with Crippen LogP contribution in [0.3, 0.4) is 0 Å². The van der Waals surface area contributed by atoms with Crippen LogP contribution in [-0.2, 0) is 9.53 Å². The average Bonchev–Trinajstić information content (AvgIpc) is 3.30. The molecule has 0 aliphatic carbocycles. The molecule has 1 heterocycles. The average molecular weight is 403 g/mol. The second kappa shape index (κ2) is 9.41. The first-order chi connectivity index (χ1) is 14.7. The van der Waals surface area contributed by atoms with Crippen LogP contribution in [0.5, 0.6) is 0 Å². The zero-order valence-corrected chi connectivity index (χ0v) is 16.7. The van der Waals surface area contributed by atoms with Crippen LogP contribution in [0.1, 0.15) is 23.2 Å². The Kier molecular flexibility index (Phi) is 6.25. The van der Waals surface area contributed by atoms with Gasteiger partial charge in [0.2, 0.25) is 5.91 Å². The summed E-state index contributed by atoms with van der Waals surface area (Å²) < 4.78 is 5.55. The van der Waals surface area contributed by atoms with E-state index in [0.29, 0.717) is 17.8 Å². The number of carbonyl (C=O) groups excluding carboxylic acids is 2. The summed E-state index contributed by atoms with van der Waals surface area (Å²) >= 11 is 0. The van der Waals surface area contributed by atoms with Crippen LogP contribution < -0.4 is 16.0 Å². The summed E-state index contributed by atoms with van der Waals surface area (Å²) in [6, 6.07) is 21.0. The minimum absolute atomic E-state index is 0.0584. The zero-order valence-electron chi connectivity index (χ0n) is 16.7. The Labute approximate surface area is 175 Å². The summed E-state index contributed by atoms with van der Waals surface area (Å²) in [5, 5.41) is 11.1. The topological polar surface area (TPSA) is 79.5 Å². The van der Waals surface area contributed by atoms with Crippen LogP contribution in [0.4, 0.5) is 11.4 Å². The molecule has 154 valence electrons. The molecule has 1 aliphatic heterocycles. The Balaban J connectivity index is 1.34. The molecule has 3 aromatic rings. The van der Waals surface area contributed by atoms with Crippen LogP contribution in [-0.4, -0.2) is 37.6 Å². The summed E-state index contributed by atoms with van der Waals surface area (Å²) in [7, 11) is 0. The van der Waals surface area contributed by atoms with Gasteiger partial charge in [-0.15, -0.1) is 0 Å². The van der Waals surface area contributed by atoms with Gasteiger partial charge >= 0.3 is 0 Å². The number of para-hydroxylation sites is 1. The van der Waals surface area contributed by atoms with Crippen molar-refractivity contribution in [2.24, 2.45) is 0 Å². The maximum Gasteiger partial charge on any atom is 0.253 e. The lowest BCUT2D eigenvalue weighted by Gasteiger charge is -2.14. The van der Waals surface area contributed by atoms with Crippen molar-refractivity contribution in [2.75, 3.05) is 30.3 Å². The van der Waals surface area contributed by atoms with Crippen molar-refractivity contribution in [3.63, 3.8) is 0 Å². The Bertz CT molecular complexity index is 1040. The van der Waals surface area contributed by atoms with Gasteiger partial charge < -0.3 is 20.7 Å². The van der Waals surface area contributed by atoms with Gasteiger partial charge in [-0.05, 0) is 47.9 Å². The SMILES string of the molecule is O=C(CNc1ccccc1C(=O)NC[C@@H]1CCCO1)Nc1ccc2ccccc2c1. The van der Waals surface area contributed by atoms with E-state index in [1.54, 1.807) is 18.2 Å². The first-order valence-corrected chi connectivity index (χ1v) is 10.2. The number of rotatable bonds is 7. The molecule has 2 amide bonds. The number of fused-ring (bicyclic) bond motifs is 1. The number of carbonyl (C=O) groups is 2. The quantitative estimate of drug-likeness (QED) is 0.561. The van der Waals surface area contributed by atoms with Gasteiger partial charge in [0, 0.05) is 24.5 Å². The van der Waals surface area contributed by atoms with Gasteiger partial charge in [-0.2, -0.15) is 0 Å². The normalized spacial score (nSPS) is 15.7. The first-order valence-electron chi connectivity index (χ1n) is 10.2. The first kappa shape index (κ1) is 19.9. The zero-order chi connectivity index (χ0) is 20.8. The van der Waals surface area contributed by atoms with Gasteiger partial charge in [0.1, 0.15) is 0 Å². The van der Waals surface area contributed by atoms with Crippen molar-refractivity contribution >= 4 is 34.0 Å². The minimum Gasteiger partial charge on any atom is -0.376 e. The maximum atomic E-state index is 12.6. The van der Waals surface area contributed by atoms with E-state index in [9.17, 15) is 9.59 Å². The molecule has 1 atom stereocenters. The van der Waals surface area contributed by atoms with Crippen LogP contribution in [0, 0.1) is 0 Å². The molecule has 30 heavy (non-hydrogen) atoms. The van der Waals surface area contributed by atoms with E-state index >= 15 is 0 Å². The van der Waals surface area contributed by atoms with Crippen molar-refractivity contribution in [1.82, 2.24) is 5.32 Å². The highest BCUT2D eigenvalue weighted by Crippen LogP contribution is 2.19. The lowest BCUT2D eigenvalue weighted by molar-refractivity contribution is -0.114. The van der Waals surface area contributed by atoms with Gasteiger partial charge in [0.25, 0.3) is 5.91 Å². The van der Waals surface area contributed by atoms with Gasteiger partial charge in [0.05, 0.1) is 18.2 Å². The smallest absolute Gasteiger partial charge is 0.253 e. The predicted molar refractivity (Wildman–Crippen MR) is 119 cm³/mol. The molecule has 3 aromatic carbocycles. The molecule has 0 spiro atoms. The van der Waals surface area contributed by atoms with Crippen LogP contribution >= 0.6 is 0 Å². The van der Waals surface area contributed by atoms with Crippen LogP contribution in [0.15, 0.2) is 66.7 Å². The lowest BCUT2D eigenvalue weighted by Crippen LogP contribution is -2.32. The predicted octanol–water partition coefficient (Wildman–Crippen LogP) is 3.80. The molecular weight excluding hydrogens is 378 g/mol. The van der Waals surface area contributed by atoms with Gasteiger partial charge in [-0.25, -0.2) is 0 Å². The molecule has 3 N–H and O–H groups in total.